The first-order valence-corrected chi connectivity index (χ1v) is 5.01. The van der Waals surface area contributed by atoms with E-state index in [1.807, 2.05) is 0 Å². The monoisotopic (exact) mass is 215 g/mol. The molecule has 0 heterocycles. The second kappa shape index (κ2) is 6.40. The summed E-state index contributed by atoms with van der Waals surface area (Å²) >= 11 is 0. The zero-order chi connectivity index (χ0) is 12.0. The van der Waals surface area contributed by atoms with Crippen molar-refractivity contribution in [2.24, 2.45) is 0 Å². The number of likely N-dealkylation sites (N-methyl/N-ethyl adjacent to an activating group) is 1. The fourth-order valence-corrected chi connectivity index (χ4v) is 1.09. The third kappa shape index (κ3) is 5.37. The van der Waals surface area contributed by atoms with Crippen molar-refractivity contribution in [2.75, 3.05) is 34.7 Å². The topological polar surface area (TPSA) is 52.7 Å². The van der Waals surface area contributed by atoms with E-state index in [1.54, 1.807) is 40.0 Å². The van der Waals surface area contributed by atoms with Crippen molar-refractivity contribution < 1.29 is 9.59 Å². The highest BCUT2D eigenvalue weighted by Crippen LogP contribution is 1.90. The van der Waals surface area contributed by atoms with Crippen molar-refractivity contribution in [3.63, 3.8) is 0 Å². The van der Waals surface area contributed by atoms with Gasteiger partial charge in [0.05, 0.1) is 6.04 Å². The first-order chi connectivity index (χ1) is 6.86. The number of carbonyl (C=O) groups is 2. The molecule has 1 atom stereocenters. The van der Waals surface area contributed by atoms with E-state index in [0.717, 1.165) is 0 Å². The predicted molar refractivity (Wildman–Crippen MR) is 59.5 cm³/mol. The molecule has 2 amide bonds. The summed E-state index contributed by atoms with van der Waals surface area (Å²) in [4.78, 5) is 25.7. The average molecular weight is 215 g/mol. The predicted octanol–water partition coefficient (Wildman–Crippen LogP) is -0.469. The molecule has 0 saturated carbocycles. The standard InChI is InChI=1S/C10H21N3O2/c1-8(10(15)13(4)5)11-7-6-9(14)12(2)3/h8,11H,6-7H2,1-5H3. The van der Waals surface area contributed by atoms with Gasteiger partial charge in [-0.1, -0.05) is 0 Å². The van der Waals surface area contributed by atoms with Gasteiger partial charge in [-0.15, -0.1) is 0 Å². The van der Waals surface area contributed by atoms with Crippen LogP contribution in [0.4, 0.5) is 0 Å². The van der Waals surface area contributed by atoms with Gasteiger partial charge in [-0.05, 0) is 6.92 Å². The molecule has 0 spiro atoms. The van der Waals surface area contributed by atoms with Gasteiger partial charge in [0.25, 0.3) is 0 Å². The Morgan fingerprint density at radius 3 is 2.07 bits per heavy atom. The van der Waals surface area contributed by atoms with Crippen LogP contribution in [-0.2, 0) is 9.59 Å². The van der Waals surface area contributed by atoms with Crippen LogP contribution < -0.4 is 5.32 Å². The summed E-state index contributed by atoms with van der Waals surface area (Å²) in [5, 5.41) is 3.01. The maximum Gasteiger partial charge on any atom is 0.238 e. The van der Waals surface area contributed by atoms with Crippen LogP contribution in [0.2, 0.25) is 0 Å². The molecule has 0 aromatic carbocycles. The summed E-state index contributed by atoms with van der Waals surface area (Å²) < 4.78 is 0. The van der Waals surface area contributed by atoms with Gasteiger partial charge in [0.1, 0.15) is 0 Å². The van der Waals surface area contributed by atoms with Crippen LogP contribution in [0.25, 0.3) is 0 Å². The lowest BCUT2D eigenvalue weighted by Gasteiger charge is -2.18. The van der Waals surface area contributed by atoms with E-state index >= 15 is 0 Å². The molecule has 1 unspecified atom stereocenters. The van der Waals surface area contributed by atoms with Gasteiger partial charge in [0, 0.05) is 41.2 Å². The average Bonchev–Trinajstić information content (AvgIpc) is 2.15. The number of nitrogens with one attached hydrogen (secondary N) is 1. The number of hydrogen-bond donors (Lipinski definition) is 1. The summed E-state index contributed by atoms with van der Waals surface area (Å²) in [7, 11) is 6.87. The van der Waals surface area contributed by atoms with Crippen LogP contribution in [0.15, 0.2) is 0 Å². The molecule has 0 bridgehead atoms. The highest BCUT2D eigenvalue weighted by molar-refractivity contribution is 5.81. The van der Waals surface area contributed by atoms with E-state index < -0.39 is 0 Å². The van der Waals surface area contributed by atoms with Gasteiger partial charge in [-0.25, -0.2) is 0 Å². The molecule has 0 aliphatic heterocycles. The molecule has 0 saturated heterocycles. The molecule has 0 aromatic heterocycles. The molecular weight excluding hydrogens is 194 g/mol. The van der Waals surface area contributed by atoms with E-state index in [0.29, 0.717) is 13.0 Å². The number of carbonyl (C=O) groups excluding carboxylic acids is 2. The molecule has 0 radical (unpaired) electrons. The lowest BCUT2D eigenvalue weighted by Crippen LogP contribution is -2.42. The Hall–Kier alpha value is -1.10. The molecule has 0 aliphatic rings. The molecule has 88 valence electrons. The minimum absolute atomic E-state index is 0.0207. The molecule has 0 fully saturated rings. The van der Waals surface area contributed by atoms with Crippen LogP contribution in [0, 0.1) is 0 Å². The lowest BCUT2D eigenvalue weighted by molar-refractivity contribution is -0.131. The van der Waals surface area contributed by atoms with Crippen LogP contribution in [0.3, 0.4) is 0 Å². The van der Waals surface area contributed by atoms with Crippen molar-refractivity contribution in [1.82, 2.24) is 15.1 Å². The Morgan fingerprint density at radius 2 is 1.67 bits per heavy atom. The molecule has 0 aromatic rings. The van der Waals surface area contributed by atoms with E-state index in [4.69, 9.17) is 0 Å². The molecular formula is C10H21N3O2. The molecule has 5 heteroatoms. The van der Waals surface area contributed by atoms with Crippen molar-refractivity contribution in [1.29, 1.82) is 0 Å². The smallest absolute Gasteiger partial charge is 0.238 e. The van der Waals surface area contributed by atoms with Gasteiger partial charge in [-0.3, -0.25) is 9.59 Å². The Kier molecular flexibility index (Phi) is 5.93. The van der Waals surface area contributed by atoms with Crippen LogP contribution >= 0.6 is 0 Å². The minimum Gasteiger partial charge on any atom is -0.349 e. The van der Waals surface area contributed by atoms with Gasteiger partial charge < -0.3 is 15.1 Å². The molecule has 0 rings (SSSR count). The van der Waals surface area contributed by atoms with Gasteiger partial charge in [0.15, 0.2) is 0 Å². The molecule has 15 heavy (non-hydrogen) atoms. The zero-order valence-electron chi connectivity index (χ0n) is 10.2. The molecule has 0 aliphatic carbocycles. The summed E-state index contributed by atoms with van der Waals surface area (Å²) in [6.07, 6.45) is 0.415. The Morgan fingerprint density at radius 1 is 1.13 bits per heavy atom. The Balaban J connectivity index is 3.78. The lowest BCUT2D eigenvalue weighted by atomic mass is 10.3. The SMILES string of the molecule is CC(NCCC(=O)N(C)C)C(=O)N(C)C. The second-order valence-electron chi connectivity index (χ2n) is 3.95. The number of nitrogens with zero attached hydrogens (tertiary/aromatic N) is 2. The van der Waals surface area contributed by atoms with Gasteiger partial charge >= 0.3 is 0 Å². The van der Waals surface area contributed by atoms with E-state index in [-0.39, 0.29) is 17.9 Å². The Labute approximate surface area is 91.4 Å². The molecule has 1 N–H and O–H groups in total. The van der Waals surface area contributed by atoms with Gasteiger partial charge in [-0.2, -0.15) is 0 Å². The van der Waals surface area contributed by atoms with Crippen LogP contribution in [0.1, 0.15) is 13.3 Å². The quantitative estimate of drug-likeness (QED) is 0.674. The van der Waals surface area contributed by atoms with E-state index in [1.165, 1.54) is 4.90 Å². The summed E-state index contributed by atoms with van der Waals surface area (Å²) in [6, 6.07) is -0.241. The van der Waals surface area contributed by atoms with Crippen molar-refractivity contribution in [3.05, 3.63) is 0 Å². The van der Waals surface area contributed by atoms with Crippen molar-refractivity contribution in [3.8, 4) is 0 Å². The molecule has 5 nitrogen and oxygen atoms in total. The summed E-state index contributed by atoms with van der Waals surface area (Å²) in [5.41, 5.74) is 0. The maximum atomic E-state index is 11.4. The van der Waals surface area contributed by atoms with Crippen LogP contribution in [-0.4, -0.2) is 62.4 Å². The Bertz CT molecular complexity index is 227. The van der Waals surface area contributed by atoms with Crippen LogP contribution in [0.5, 0.6) is 0 Å². The normalized spacial score (nSPS) is 12.1. The van der Waals surface area contributed by atoms with E-state index in [9.17, 15) is 9.59 Å². The zero-order valence-corrected chi connectivity index (χ0v) is 10.2. The van der Waals surface area contributed by atoms with Crippen molar-refractivity contribution >= 4 is 11.8 Å². The largest absolute Gasteiger partial charge is 0.349 e. The highest BCUT2D eigenvalue weighted by Gasteiger charge is 2.14. The number of rotatable bonds is 5. The first kappa shape index (κ1) is 13.9. The minimum atomic E-state index is -0.241. The fraction of sp³-hybridized carbons (Fsp3) is 0.800. The second-order valence-corrected chi connectivity index (χ2v) is 3.95. The van der Waals surface area contributed by atoms with Crippen molar-refractivity contribution in [2.45, 2.75) is 19.4 Å². The fourth-order valence-electron chi connectivity index (χ4n) is 1.09. The highest BCUT2D eigenvalue weighted by atomic mass is 16.2. The third-order valence-electron chi connectivity index (χ3n) is 2.10. The maximum absolute atomic E-state index is 11.4. The third-order valence-corrected chi connectivity index (χ3v) is 2.10. The summed E-state index contributed by atoms with van der Waals surface area (Å²) in [6.45, 7) is 2.32. The first-order valence-electron chi connectivity index (χ1n) is 5.01. The summed E-state index contributed by atoms with van der Waals surface area (Å²) in [5.74, 6) is 0.0827. The van der Waals surface area contributed by atoms with Gasteiger partial charge in [0.2, 0.25) is 11.8 Å². The number of hydrogen-bond acceptors (Lipinski definition) is 3. The number of amides is 2. The van der Waals surface area contributed by atoms with E-state index in [2.05, 4.69) is 5.32 Å².